The quantitative estimate of drug-likeness (QED) is 0.242. The van der Waals surface area contributed by atoms with Crippen molar-refractivity contribution in [1.82, 2.24) is 4.98 Å². The number of allylic oxidation sites excluding steroid dienone is 2. The third-order valence-electron chi connectivity index (χ3n) is 4.17. The summed E-state index contributed by atoms with van der Waals surface area (Å²) in [6.07, 6.45) is 3.13. The minimum absolute atomic E-state index is 0. The molecule has 1 heterocycles. The molecule has 149 valence electrons. The van der Waals surface area contributed by atoms with Crippen LogP contribution in [0.2, 0.25) is 0 Å². The summed E-state index contributed by atoms with van der Waals surface area (Å²) in [6.45, 7) is 11.3. The molecular formula is C24H26IrNO2-. The molecule has 0 atom stereocenters. The van der Waals surface area contributed by atoms with Crippen LogP contribution in [0.5, 0.6) is 0 Å². The van der Waals surface area contributed by atoms with Crippen molar-refractivity contribution in [2.45, 2.75) is 41.5 Å². The zero-order valence-corrected chi connectivity index (χ0v) is 19.6. The van der Waals surface area contributed by atoms with Gasteiger partial charge in [0.15, 0.2) is 5.78 Å². The van der Waals surface area contributed by atoms with E-state index in [2.05, 4.69) is 63.0 Å². The summed E-state index contributed by atoms with van der Waals surface area (Å²) in [4.78, 5) is 14.7. The van der Waals surface area contributed by atoms with E-state index in [1.165, 1.54) is 52.9 Å². The summed E-state index contributed by atoms with van der Waals surface area (Å²) >= 11 is 0. The van der Waals surface area contributed by atoms with Crippen LogP contribution in [0.4, 0.5) is 0 Å². The van der Waals surface area contributed by atoms with E-state index in [1.54, 1.807) is 0 Å². The van der Waals surface area contributed by atoms with Crippen LogP contribution in [0.1, 0.15) is 36.1 Å². The van der Waals surface area contributed by atoms with E-state index >= 15 is 0 Å². The van der Waals surface area contributed by atoms with E-state index < -0.39 is 0 Å². The fraction of sp³-hybridized carbons (Fsp3) is 0.250. The monoisotopic (exact) mass is 553 g/mol. The maximum atomic E-state index is 10.0. The van der Waals surface area contributed by atoms with Crippen LogP contribution in [0.3, 0.4) is 0 Å². The Hall–Kier alpha value is -2.29. The van der Waals surface area contributed by atoms with Gasteiger partial charge in [-0.3, -0.25) is 4.79 Å². The number of rotatable bonds is 2. The van der Waals surface area contributed by atoms with E-state index in [0.717, 1.165) is 11.3 Å². The van der Waals surface area contributed by atoms with Gasteiger partial charge in [0.1, 0.15) is 0 Å². The molecule has 3 aromatic rings. The van der Waals surface area contributed by atoms with Crippen molar-refractivity contribution in [2.24, 2.45) is 0 Å². The Bertz CT molecular complexity index is 1020. The van der Waals surface area contributed by atoms with Crippen molar-refractivity contribution in [3.8, 4) is 11.3 Å². The molecule has 1 N–H and O–H groups in total. The zero-order valence-electron chi connectivity index (χ0n) is 17.2. The number of fused-ring (bicyclic) bond motifs is 1. The average molecular weight is 553 g/mol. The Morgan fingerprint density at radius 3 is 2.21 bits per heavy atom. The Labute approximate surface area is 180 Å². The normalized spacial score (nSPS) is 10.7. The van der Waals surface area contributed by atoms with Gasteiger partial charge in [0, 0.05) is 32.4 Å². The molecule has 0 aliphatic heterocycles. The van der Waals surface area contributed by atoms with Crippen molar-refractivity contribution in [3.63, 3.8) is 0 Å². The number of hydrogen-bond donors (Lipinski definition) is 1. The van der Waals surface area contributed by atoms with Crippen molar-refractivity contribution < 1.29 is 30.0 Å². The van der Waals surface area contributed by atoms with Gasteiger partial charge < -0.3 is 10.1 Å². The second-order valence-corrected chi connectivity index (χ2v) is 6.97. The first-order chi connectivity index (χ1) is 12.7. The van der Waals surface area contributed by atoms with Crippen LogP contribution in [0.15, 0.2) is 48.4 Å². The van der Waals surface area contributed by atoms with Gasteiger partial charge in [0.05, 0.1) is 5.76 Å². The fourth-order valence-corrected chi connectivity index (χ4v) is 3.00. The molecule has 1 aromatic heterocycles. The predicted molar refractivity (Wildman–Crippen MR) is 112 cm³/mol. The topological polar surface area (TPSA) is 50.2 Å². The maximum absolute atomic E-state index is 10.0. The summed E-state index contributed by atoms with van der Waals surface area (Å²) in [5.74, 6) is -0.0625. The van der Waals surface area contributed by atoms with Gasteiger partial charge in [-0.2, -0.15) is 0 Å². The molecule has 0 unspecified atom stereocenters. The van der Waals surface area contributed by atoms with E-state index in [1.807, 2.05) is 12.3 Å². The first-order valence-corrected chi connectivity index (χ1v) is 8.92. The third-order valence-corrected chi connectivity index (χ3v) is 4.17. The molecule has 0 spiro atoms. The number of benzene rings is 2. The van der Waals surface area contributed by atoms with Gasteiger partial charge in [0.25, 0.3) is 0 Å². The molecule has 1 radical (unpaired) electrons. The summed E-state index contributed by atoms with van der Waals surface area (Å²) in [6, 6.07) is 14.2. The van der Waals surface area contributed by atoms with Gasteiger partial charge >= 0.3 is 0 Å². The molecule has 0 bridgehead atoms. The molecule has 0 fully saturated rings. The fourth-order valence-electron chi connectivity index (χ4n) is 3.00. The van der Waals surface area contributed by atoms with Crippen molar-refractivity contribution in [3.05, 3.63) is 76.7 Å². The van der Waals surface area contributed by atoms with Crippen LogP contribution in [-0.2, 0) is 24.9 Å². The molecule has 3 rings (SSSR count). The number of aliphatic hydroxyl groups excluding tert-OH is 1. The van der Waals surface area contributed by atoms with Crippen LogP contribution in [-0.4, -0.2) is 15.9 Å². The SMILES string of the molecule is CC(=O)/C=C(/C)O.Cc1c[c-]c(-c2ncc(C)c3ccc(C)cc23)c(C)c1.[Ir]. The maximum Gasteiger partial charge on any atom is 0.155 e. The summed E-state index contributed by atoms with van der Waals surface area (Å²) in [7, 11) is 0. The average Bonchev–Trinajstić information content (AvgIpc) is 2.55. The Kier molecular flexibility index (Phi) is 8.74. The first-order valence-electron chi connectivity index (χ1n) is 8.92. The second-order valence-electron chi connectivity index (χ2n) is 6.97. The van der Waals surface area contributed by atoms with Crippen LogP contribution < -0.4 is 0 Å². The smallest absolute Gasteiger partial charge is 0.155 e. The Morgan fingerprint density at radius 1 is 1.00 bits per heavy atom. The third kappa shape index (κ3) is 6.12. The Balaban J connectivity index is 0.000000425. The predicted octanol–water partition coefficient (Wildman–Crippen LogP) is 5.97. The number of nitrogens with zero attached hydrogens (tertiary/aromatic N) is 1. The second kappa shape index (κ2) is 10.3. The molecule has 0 aliphatic rings. The number of carbonyl (C=O) groups excluding carboxylic acids is 1. The number of aromatic nitrogens is 1. The number of aliphatic hydroxyl groups is 1. The minimum Gasteiger partial charge on any atom is -0.512 e. The van der Waals surface area contributed by atoms with Crippen molar-refractivity contribution in [2.75, 3.05) is 0 Å². The van der Waals surface area contributed by atoms with E-state index in [9.17, 15) is 4.79 Å². The van der Waals surface area contributed by atoms with Crippen LogP contribution >= 0.6 is 0 Å². The van der Waals surface area contributed by atoms with Gasteiger partial charge in [0.2, 0.25) is 0 Å². The van der Waals surface area contributed by atoms with Crippen molar-refractivity contribution >= 4 is 16.6 Å². The van der Waals surface area contributed by atoms with E-state index in [-0.39, 0.29) is 31.6 Å². The number of hydrogen-bond acceptors (Lipinski definition) is 3. The molecule has 3 nitrogen and oxygen atoms in total. The molecular weight excluding hydrogens is 526 g/mol. The number of carbonyl (C=O) groups is 1. The molecule has 0 saturated heterocycles. The van der Waals surface area contributed by atoms with E-state index in [0.29, 0.717) is 0 Å². The molecule has 28 heavy (non-hydrogen) atoms. The Morgan fingerprint density at radius 2 is 1.68 bits per heavy atom. The summed E-state index contributed by atoms with van der Waals surface area (Å²) in [5.41, 5.74) is 7.07. The number of ketones is 1. The summed E-state index contributed by atoms with van der Waals surface area (Å²) in [5, 5.41) is 10.9. The molecule has 0 amide bonds. The van der Waals surface area contributed by atoms with E-state index in [4.69, 9.17) is 5.11 Å². The van der Waals surface area contributed by atoms with Crippen LogP contribution in [0, 0.1) is 33.8 Å². The standard InChI is InChI=1S/C19H18N.C5H8O2.Ir/c1-12-6-8-17(14(3)9-12)19-18-10-13(2)5-7-16(18)15(4)11-20-19;1-4(6)3-5(2)7;/h5-7,9-11H,1-4H3;3,6H,1-2H3;/q-1;;/b;4-3-;. The largest absolute Gasteiger partial charge is 0.512 e. The van der Waals surface area contributed by atoms with Crippen LogP contribution in [0.25, 0.3) is 22.0 Å². The van der Waals surface area contributed by atoms with Gasteiger partial charge in [-0.25, -0.2) is 0 Å². The number of pyridine rings is 1. The van der Waals surface area contributed by atoms with Crippen molar-refractivity contribution in [1.29, 1.82) is 0 Å². The first kappa shape index (κ1) is 23.7. The molecule has 2 aromatic carbocycles. The van der Waals surface area contributed by atoms with Gasteiger partial charge in [-0.15, -0.1) is 34.9 Å². The number of aryl methyl sites for hydroxylation is 4. The molecule has 0 aliphatic carbocycles. The van der Waals surface area contributed by atoms with Gasteiger partial charge in [-0.1, -0.05) is 37.6 Å². The summed E-state index contributed by atoms with van der Waals surface area (Å²) < 4.78 is 0. The molecule has 4 heteroatoms. The van der Waals surface area contributed by atoms with Gasteiger partial charge in [-0.05, 0) is 49.7 Å². The molecule has 0 saturated carbocycles. The minimum atomic E-state index is -0.125. The zero-order chi connectivity index (χ0) is 20.1.